The minimum absolute atomic E-state index is 0.200. The summed E-state index contributed by atoms with van der Waals surface area (Å²) in [5, 5.41) is 3.06. The van der Waals surface area contributed by atoms with Crippen molar-refractivity contribution in [2.45, 2.75) is 30.7 Å². The average molecular weight is 548 g/mol. The first-order valence-corrected chi connectivity index (χ1v) is 12.1. The number of hydrogen-bond acceptors (Lipinski definition) is 10. The Morgan fingerprint density at radius 1 is 0.725 bits per heavy atom. The fourth-order valence-corrected chi connectivity index (χ4v) is 4.03. The molecule has 1 saturated heterocycles. The smallest absolute Gasteiger partial charge is 0.338 e. The van der Waals surface area contributed by atoms with Crippen LogP contribution in [0.5, 0.6) is 0 Å². The molecule has 3 aromatic carbocycles. The molecular formula is C28H25N3O9. The summed E-state index contributed by atoms with van der Waals surface area (Å²) < 4.78 is 28.7. The van der Waals surface area contributed by atoms with Gasteiger partial charge in [0.05, 0.1) is 16.7 Å². The van der Waals surface area contributed by atoms with Gasteiger partial charge in [-0.2, -0.15) is 0 Å². The van der Waals surface area contributed by atoms with Gasteiger partial charge in [-0.05, 0) is 41.9 Å². The molecule has 40 heavy (non-hydrogen) atoms. The molecule has 0 aromatic heterocycles. The molecule has 0 saturated carbocycles. The summed E-state index contributed by atoms with van der Waals surface area (Å²) in [4.78, 5) is 46.8. The van der Waals surface area contributed by atoms with E-state index in [1.807, 2.05) is 0 Å². The standard InChI is InChI=1S/C28H25N3O9/c1-35-28-24(40-27(34)20-15-9-4-10-16-20)23(39-26(33)19-13-7-3-8-14-19)22(21(37-28)17-36-31-30-29)38-25(32)18-11-5-2-6-12-18/h2-16,21-24,28H,17H2,1H3/t21-,22-,23+,24+,28+/m1/s1. The van der Waals surface area contributed by atoms with Gasteiger partial charge in [-0.3, -0.25) is 0 Å². The second-order valence-electron chi connectivity index (χ2n) is 8.45. The quantitative estimate of drug-likeness (QED) is 0.0903. The minimum atomic E-state index is -1.42. The number of azide groups is 1. The lowest BCUT2D eigenvalue weighted by Gasteiger charge is -2.43. The Kier molecular flexibility index (Phi) is 9.67. The molecule has 1 aliphatic heterocycles. The molecule has 0 N–H and O–H groups in total. The Labute approximate surface area is 228 Å². The maximum Gasteiger partial charge on any atom is 0.338 e. The molecular weight excluding hydrogens is 522 g/mol. The number of ether oxygens (including phenoxy) is 5. The molecule has 4 rings (SSSR count). The molecule has 12 heteroatoms. The first-order chi connectivity index (χ1) is 19.5. The van der Waals surface area contributed by atoms with Crippen LogP contribution in [-0.2, 0) is 28.5 Å². The van der Waals surface area contributed by atoms with Crippen molar-refractivity contribution >= 4 is 17.9 Å². The van der Waals surface area contributed by atoms with E-state index in [1.54, 1.807) is 66.7 Å². The Bertz CT molecular complexity index is 1330. The van der Waals surface area contributed by atoms with Gasteiger partial charge in [-0.15, -0.1) is 0 Å². The highest BCUT2D eigenvalue weighted by molar-refractivity contribution is 5.91. The molecule has 0 aliphatic carbocycles. The number of rotatable bonds is 10. The van der Waals surface area contributed by atoms with Crippen molar-refractivity contribution in [1.29, 1.82) is 0 Å². The first-order valence-electron chi connectivity index (χ1n) is 12.1. The average Bonchev–Trinajstić information content (AvgIpc) is 3.00. The summed E-state index contributed by atoms with van der Waals surface area (Å²) in [6, 6.07) is 24.3. The Hall–Kier alpha value is -4.90. The second kappa shape index (κ2) is 13.8. The van der Waals surface area contributed by atoms with Crippen molar-refractivity contribution in [3.8, 4) is 0 Å². The third-order valence-electron chi connectivity index (χ3n) is 5.91. The molecule has 0 spiro atoms. The van der Waals surface area contributed by atoms with Crippen molar-refractivity contribution < 1.29 is 42.9 Å². The SMILES string of the molecule is CO[C@H]1O[C@H](CON=[N+]=[N-])[C@@H](OC(=O)c2ccccc2)[C@H](OC(=O)c2ccccc2)[C@@H]1OC(=O)c1ccccc1. The maximum absolute atomic E-state index is 13.2. The van der Waals surface area contributed by atoms with Gasteiger partial charge in [-0.1, -0.05) is 54.6 Å². The van der Waals surface area contributed by atoms with Crippen LogP contribution in [-0.4, -0.2) is 62.3 Å². The number of esters is 3. The molecule has 0 radical (unpaired) electrons. The van der Waals surface area contributed by atoms with E-state index in [0.29, 0.717) is 0 Å². The lowest BCUT2D eigenvalue weighted by Crippen LogP contribution is -2.62. The molecule has 1 heterocycles. The fraction of sp³-hybridized carbons (Fsp3) is 0.250. The number of benzene rings is 3. The van der Waals surface area contributed by atoms with Gasteiger partial charge >= 0.3 is 17.9 Å². The van der Waals surface area contributed by atoms with Crippen LogP contribution in [0.4, 0.5) is 0 Å². The first kappa shape index (κ1) is 28.1. The molecule has 5 atom stereocenters. The van der Waals surface area contributed by atoms with E-state index in [9.17, 15) is 14.4 Å². The van der Waals surface area contributed by atoms with E-state index in [1.165, 1.54) is 31.4 Å². The third kappa shape index (κ3) is 6.94. The van der Waals surface area contributed by atoms with E-state index in [0.717, 1.165) is 0 Å². The topological polar surface area (TPSA) is 155 Å². The number of carbonyl (C=O) groups is 3. The largest absolute Gasteiger partial charge is 0.452 e. The maximum atomic E-state index is 13.2. The normalized spacial score (nSPS) is 21.8. The predicted molar refractivity (Wildman–Crippen MR) is 138 cm³/mol. The van der Waals surface area contributed by atoms with Gasteiger partial charge in [0.2, 0.25) is 0 Å². The highest BCUT2D eigenvalue weighted by Crippen LogP contribution is 2.31. The highest BCUT2D eigenvalue weighted by Gasteiger charge is 2.53. The lowest BCUT2D eigenvalue weighted by molar-refractivity contribution is -0.294. The number of methoxy groups -OCH3 is 1. The zero-order valence-electron chi connectivity index (χ0n) is 21.3. The van der Waals surface area contributed by atoms with Gasteiger partial charge in [0.15, 0.2) is 24.6 Å². The van der Waals surface area contributed by atoms with Gasteiger partial charge in [-0.25, -0.2) is 14.4 Å². The van der Waals surface area contributed by atoms with Crippen LogP contribution in [0.25, 0.3) is 10.4 Å². The molecule has 1 fully saturated rings. The van der Waals surface area contributed by atoms with Crippen molar-refractivity contribution in [2.24, 2.45) is 5.28 Å². The van der Waals surface area contributed by atoms with Crippen LogP contribution in [0.3, 0.4) is 0 Å². The van der Waals surface area contributed by atoms with Crippen molar-refractivity contribution in [1.82, 2.24) is 0 Å². The summed E-state index contributed by atoms with van der Waals surface area (Å²) in [6.07, 6.45) is -6.63. The zero-order chi connectivity index (χ0) is 28.3. The minimum Gasteiger partial charge on any atom is -0.452 e. The van der Waals surface area contributed by atoms with Crippen LogP contribution in [0.2, 0.25) is 0 Å². The monoisotopic (exact) mass is 547 g/mol. The molecule has 3 aromatic rings. The number of hydrogen-bond donors (Lipinski definition) is 0. The predicted octanol–water partition coefficient (Wildman–Crippen LogP) is 4.28. The van der Waals surface area contributed by atoms with E-state index >= 15 is 0 Å². The summed E-state index contributed by atoms with van der Waals surface area (Å²) in [6.45, 7) is -0.407. The van der Waals surface area contributed by atoms with Gasteiger partial charge in [0.25, 0.3) is 0 Å². The van der Waals surface area contributed by atoms with Crippen LogP contribution >= 0.6 is 0 Å². The van der Waals surface area contributed by atoms with Crippen LogP contribution in [0.15, 0.2) is 96.3 Å². The van der Waals surface area contributed by atoms with E-state index in [-0.39, 0.29) is 16.7 Å². The van der Waals surface area contributed by atoms with Crippen molar-refractivity contribution in [2.75, 3.05) is 13.7 Å². The van der Waals surface area contributed by atoms with Gasteiger partial charge < -0.3 is 28.5 Å². The second-order valence-corrected chi connectivity index (χ2v) is 8.45. The molecule has 0 unspecified atom stereocenters. The van der Waals surface area contributed by atoms with E-state index in [4.69, 9.17) is 34.1 Å². The molecule has 0 bridgehead atoms. The van der Waals surface area contributed by atoms with Crippen LogP contribution in [0, 0.1) is 0 Å². The van der Waals surface area contributed by atoms with E-state index in [2.05, 4.69) is 10.2 Å². The summed E-state index contributed by atoms with van der Waals surface area (Å²) in [7, 11) is 1.30. The third-order valence-corrected chi connectivity index (χ3v) is 5.91. The van der Waals surface area contributed by atoms with Crippen molar-refractivity contribution in [3.05, 3.63) is 118 Å². The molecule has 12 nitrogen and oxygen atoms in total. The Morgan fingerprint density at radius 3 is 1.57 bits per heavy atom. The summed E-state index contributed by atoms with van der Waals surface area (Å²) >= 11 is 0. The number of carbonyl (C=O) groups excluding carboxylic acids is 3. The Morgan fingerprint density at radius 2 is 1.15 bits per heavy atom. The lowest BCUT2D eigenvalue weighted by atomic mass is 9.97. The number of nitrogens with zero attached hydrogens (tertiary/aromatic N) is 3. The highest BCUT2D eigenvalue weighted by atomic mass is 16.7. The molecule has 0 amide bonds. The van der Waals surface area contributed by atoms with Crippen molar-refractivity contribution in [3.63, 3.8) is 0 Å². The van der Waals surface area contributed by atoms with Gasteiger partial charge in [0, 0.05) is 12.0 Å². The zero-order valence-corrected chi connectivity index (χ0v) is 21.3. The van der Waals surface area contributed by atoms with Crippen LogP contribution in [0.1, 0.15) is 31.1 Å². The van der Waals surface area contributed by atoms with Crippen LogP contribution < -0.4 is 0 Å². The fourth-order valence-electron chi connectivity index (χ4n) is 4.03. The molecule has 1 aliphatic rings. The summed E-state index contributed by atoms with van der Waals surface area (Å²) in [5.41, 5.74) is 9.28. The molecule has 206 valence electrons. The summed E-state index contributed by atoms with van der Waals surface area (Å²) in [5.74, 6) is -2.31. The van der Waals surface area contributed by atoms with Gasteiger partial charge in [0.1, 0.15) is 18.0 Å². The Balaban J connectivity index is 1.72. The van der Waals surface area contributed by atoms with E-state index < -0.39 is 55.2 Å².